The van der Waals surface area contributed by atoms with Crippen LogP contribution in [0.3, 0.4) is 0 Å². The van der Waals surface area contributed by atoms with Gasteiger partial charge in [-0.15, -0.1) is 11.3 Å². The van der Waals surface area contributed by atoms with Gasteiger partial charge in [0.15, 0.2) is 11.6 Å². The molecule has 3 heterocycles. The number of fused-ring (bicyclic) bond motifs is 7. The summed E-state index contributed by atoms with van der Waals surface area (Å²) in [6, 6.07) is 50.7. The molecule has 6 aromatic carbocycles. The molecule has 0 unspecified atom stereocenters. The van der Waals surface area contributed by atoms with Crippen LogP contribution in [0.25, 0.3) is 81.8 Å². The molecule has 9 rings (SSSR count). The third kappa shape index (κ3) is 3.94. The summed E-state index contributed by atoms with van der Waals surface area (Å²) in [4.78, 5) is 15.3. The number of hydrogen-bond donors (Lipinski definition) is 0. The molecule has 0 atom stereocenters. The lowest BCUT2D eigenvalue weighted by Gasteiger charge is -2.11. The van der Waals surface area contributed by atoms with Crippen molar-refractivity contribution in [2.45, 2.75) is 0 Å². The van der Waals surface area contributed by atoms with Crippen LogP contribution in [0.1, 0.15) is 0 Å². The van der Waals surface area contributed by atoms with Gasteiger partial charge >= 0.3 is 0 Å². The Morgan fingerprint density at radius 2 is 0.955 bits per heavy atom. The number of thiophene rings is 1. The smallest absolute Gasteiger partial charge is 0.238 e. The maximum absolute atomic E-state index is 5.18. The van der Waals surface area contributed by atoms with Crippen molar-refractivity contribution in [2.24, 2.45) is 0 Å². The van der Waals surface area contributed by atoms with Gasteiger partial charge in [0.25, 0.3) is 0 Å². The van der Waals surface area contributed by atoms with Gasteiger partial charge in [0.2, 0.25) is 5.95 Å². The fraction of sp³-hybridized carbons (Fsp3) is 0. The van der Waals surface area contributed by atoms with Crippen LogP contribution < -0.4 is 0 Å². The lowest BCUT2D eigenvalue weighted by Crippen LogP contribution is -2.06. The molecule has 0 spiro atoms. The van der Waals surface area contributed by atoms with Crippen molar-refractivity contribution in [3.05, 3.63) is 146 Å². The molecular formula is C39H24N4S. The summed E-state index contributed by atoms with van der Waals surface area (Å²) >= 11 is 1.82. The fourth-order valence-electron chi connectivity index (χ4n) is 6.19. The number of rotatable bonds is 4. The quantitative estimate of drug-likeness (QED) is 0.208. The highest BCUT2D eigenvalue weighted by molar-refractivity contribution is 7.26. The van der Waals surface area contributed by atoms with Crippen molar-refractivity contribution in [2.75, 3.05) is 0 Å². The van der Waals surface area contributed by atoms with Gasteiger partial charge in [-0.25, -0.2) is 4.98 Å². The van der Waals surface area contributed by atoms with E-state index in [0.717, 1.165) is 27.7 Å². The largest absolute Gasteiger partial charge is 0.276 e. The summed E-state index contributed by atoms with van der Waals surface area (Å²) in [6.07, 6.45) is 0. The van der Waals surface area contributed by atoms with Gasteiger partial charge in [-0.05, 0) is 23.3 Å². The average molecular weight is 581 g/mol. The maximum atomic E-state index is 5.18. The second-order valence-corrected chi connectivity index (χ2v) is 11.9. The second kappa shape index (κ2) is 9.97. The zero-order chi connectivity index (χ0) is 29.0. The molecule has 0 amide bonds. The Bertz CT molecular complexity index is 2480. The molecule has 0 N–H and O–H groups in total. The van der Waals surface area contributed by atoms with Crippen molar-refractivity contribution in [1.82, 2.24) is 19.5 Å². The zero-order valence-corrected chi connectivity index (χ0v) is 24.4. The molecule has 0 fully saturated rings. The van der Waals surface area contributed by atoms with Gasteiger partial charge < -0.3 is 0 Å². The molecule has 9 aromatic rings. The third-order valence-corrected chi connectivity index (χ3v) is 9.48. The van der Waals surface area contributed by atoms with Gasteiger partial charge in [0, 0.05) is 37.4 Å². The maximum Gasteiger partial charge on any atom is 0.238 e. The summed E-state index contributed by atoms with van der Waals surface area (Å²) in [6.45, 7) is 0. The van der Waals surface area contributed by atoms with Gasteiger partial charge in [-0.3, -0.25) is 4.57 Å². The average Bonchev–Trinajstić information content (AvgIpc) is 3.65. The first kappa shape index (κ1) is 24.9. The Hall–Kier alpha value is -5.65. The van der Waals surface area contributed by atoms with Crippen LogP contribution in [0.2, 0.25) is 0 Å². The molecule has 3 aromatic heterocycles. The Labute approximate surface area is 257 Å². The van der Waals surface area contributed by atoms with E-state index in [-0.39, 0.29) is 0 Å². The van der Waals surface area contributed by atoms with E-state index in [1.54, 1.807) is 0 Å². The molecule has 0 aliphatic rings. The predicted molar refractivity (Wildman–Crippen MR) is 183 cm³/mol. The molecule has 4 nitrogen and oxygen atoms in total. The first-order valence-corrected chi connectivity index (χ1v) is 15.4. The van der Waals surface area contributed by atoms with Crippen LogP contribution in [-0.2, 0) is 0 Å². The first-order chi connectivity index (χ1) is 21.8. The van der Waals surface area contributed by atoms with E-state index in [9.17, 15) is 0 Å². The van der Waals surface area contributed by atoms with E-state index >= 15 is 0 Å². The van der Waals surface area contributed by atoms with Crippen LogP contribution in [0.15, 0.2) is 146 Å². The Kier molecular flexibility index (Phi) is 5.64. The van der Waals surface area contributed by atoms with Crippen molar-refractivity contribution >= 4 is 53.3 Å². The minimum Gasteiger partial charge on any atom is -0.276 e. The highest BCUT2D eigenvalue weighted by Gasteiger charge is 2.21. The normalized spacial score (nSPS) is 11.6. The number of aromatic nitrogens is 4. The lowest BCUT2D eigenvalue weighted by atomic mass is 10.0. The molecule has 0 saturated carbocycles. The van der Waals surface area contributed by atoms with Gasteiger partial charge in [-0.2, -0.15) is 9.97 Å². The number of para-hydroxylation sites is 1. The van der Waals surface area contributed by atoms with Gasteiger partial charge in [0.05, 0.1) is 15.7 Å². The monoisotopic (exact) mass is 580 g/mol. The topological polar surface area (TPSA) is 43.6 Å². The molecule has 0 radical (unpaired) electrons. The first-order valence-electron chi connectivity index (χ1n) is 14.6. The highest BCUT2D eigenvalue weighted by Crippen LogP contribution is 2.42. The summed E-state index contributed by atoms with van der Waals surface area (Å²) in [7, 11) is 0. The molecule has 0 aliphatic carbocycles. The van der Waals surface area contributed by atoms with Crippen molar-refractivity contribution in [1.29, 1.82) is 0 Å². The van der Waals surface area contributed by atoms with E-state index in [4.69, 9.17) is 15.0 Å². The van der Waals surface area contributed by atoms with Crippen molar-refractivity contribution < 1.29 is 0 Å². The van der Waals surface area contributed by atoms with Crippen LogP contribution >= 0.6 is 11.3 Å². The SMILES string of the molecule is c1ccc(-c2ccc(-c3nc(-c4ccccc4)nc(-n4c5ccccc5c5ccc6c7ccccc7sc6c54)n3)cc2)cc1. The predicted octanol–water partition coefficient (Wildman–Crippen LogP) is 10.3. The van der Waals surface area contributed by atoms with Crippen LogP contribution in [0.4, 0.5) is 0 Å². The third-order valence-electron chi connectivity index (χ3n) is 8.29. The number of nitrogens with zero attached hydrogens (tertiary/aromatic N) is 4. The van der Waals surface area contributed by atoms with E-state index in [2.05, 4.69) is 126 Å². The molecule has 0 saturated heterocycles. The van der Waals surface area contributed by atoms with E-state index < -0.39 is 0 Å². The molecule has 206 valence electrons. The molecule has 0 aliphatic heterocycles. The molecular weight excluding hydrogens is 557 g/mol. The highest BCUT2D eigenvalue weighted by atomic mass is 32.1. The number of benzene rings is 6. The molecule has 5 heteroatoms. The van der Waals surface area contributed by atoms with Crippen molar-refractivity contribution in [3.8, 4) is 39.9 Å². The fourth-order valence-corrected chi connectivity index (χ4v) is 7.43. The summed E-state index contributed by atoms with van der Waals surface area (Å²) in [5.41, 5.74) is 6.42. The summed E-state index contributed by atoms with van der Waals surface area (Å²) in [5.74, 6) is 1.90. The molecule has 0 bridgehead atoms. The second-order valence-electron chi connectivity index (χ2n) is 10.9. The summed E-state index contributed by atoms with van der Waals surface area (Å²) in [5, 5.41) is 4.88. The zero-order valence-electron chi connectivity index (χ0n) is 23.6. The lowest BCUT2D eigenvalue weighted by molar-refractivity contribution is 0.955. The Balaban J connectivity index is 1.33. The van der Waals surface area contributed by atoms with Crippen LogP contribution in [0.5, 0.6) is 0 Å². The van der Waals surface area contributed by atoms with Gasteiger partial charge in [-0.1, -0.05) is 133 Å². The Morgan fingerprint density at radius 3 is 1.70 bits per heavy atom. The van der Waals surface area contributed by atoms with Crippen LogP contribution in [-0.4, -0.2) is 19.5 Å². The minimum absolute atomic E-state index is 0.608. The van der Waals surface area contributed by atoms with E-state index in [1.807, 2.05) is 35.6 Å². The number of hydrogen-bond acceptors (Lipinski definition) is 4. The minimum atomic E-state index is 0.608. The van der Waals surface area contributed by atoms with E-state index in [0.29, 0.717) is 17.6 Å². The standard InChI is InChI=1S/C39H24N4S/c1-3-11-25(12-4-1)26-19-21-28(22-20-26)38-40-37(27-13-5-2-6-14-27)41-39(42-38)43-33-17-9-7-15-29(33)31-23-24-32-30-16-8-10-18-34(30)44-36(32)35(31)43/h1-24H. The van der Waals surface area contributed by atoms with E-state index in [1.165, 1.54) is 36.5 Å². The Morgan fingerprint density at radius 1 is 0.409 bits per heavy atom. The van der Waals surface area contributed by atoms with Gasteiger partial charge in [0.1, 0.15) is 0 Å². The van der Waals surface area contributed by atoms with Crippen LogP contribution in [0, 0.1) is 0 Å². The molecule has 44 heavy (non-hydrogen) atoms. The summed E-state index contributed by atoms with van der Waals surface area (Å²) < 4.78 is 4.74. The van der Waals surface area contributed by atoms with Crippen molar-refractivity contribution in [3.63, 3.8) is 0 Å².